The SMILES string of the molecule is CC(C)CNCc1cccn1CCSC(F)(F)F. The second-order valence-electron chi connectivity index (χ2n) is 4.51. The topological polar surface area (TPSA) is 17.0 Å². The third-order valence-corrected chi connectivity index (χ3v) is 3.09. The normalized spacial score (nSPS) is 12.3. The lowest BCUT2D eigenvalue weighted by atomic mass is 10.2. The van der Waals surface area contributed by atoms with E-state index in [1.165, 1.54) is 0 Å². The first-order valence-electron chi connectivity index (χ1n) is 5.94. The van der Waals surface area contributed by atoms with Crippen LogP contribution in [0.15, 0.2) is 18.3 Å². The van der Waals surface area contributed by atoms with Gasteiger partial charge in [0.1, 0.15) is 0 Å². The largest absolute Gasteiger partial charge is 0.441 e. The average Bonchev–Trinajstić information content (AvgIpc) is 2.63. The van der Waals surface area contributed by atoms with E-state index in [4.69, 9.17) is 0 Å². The standard InChI is InChI=1S/C12H19F3N2S/c1-10(2)8-16-9-11-4-3-5-17(11)6-7-18-12(13,14)15/h3-5,10,16H,6-9H2,1-2H3. The Hall–Kier alpha value is -0.620. The summed E-state index contributed by atoms with van der Waals surface area (Å²) in [6.45, 7) is 6.22. The third kappa shape index (κ3) is 6.35. The molecule has 0 radical (unpaired) electrons. The van der Waals surface area contributed by atoms with Gasteiger partial charge in [-0.1, -0.05) is 13.8 Å². The molecule has 18 heavy (non-hydrogen) atoms. The minimum Gasteiger partial charge on any atom is -0.349 e. The summed E-state index contributed by atoms with van der Waals surface area (Å²) in [6.07, 6.45) is 1.82. The first-order valence-corrected chi connectivity index (χ1v) is 6.92. The molecule has 1 rings (SSSR count). The van der Waals surface area contributed by atoms with Crippen molar-refractivity contribution in [2.45, 2.75) is 32.4 Å². The Labute approximate surface area is 110 Å². The Bertz CT molecular complexity index is 347. The molecular weight excluding hydrogens is 261 g/mol. The van der Waals surface area contributed by atoms with Gasteiger partial charge in [-0.15, -0.1) is 0 Å². The minimum absolute atomic E-state index is 0.0280. The average molecular weight is 280 g/mol. The molecule has 0 fully saturated rings. The van der Waals surface area contributed by atoms with Crippen LogP contribution in [0.5, 0.6) is 0 Å². The number of aromatic nitrogens is 1. The molecular formula is C12H19F3N2S. The first-order chi connectivity index (χ1) is 8.38. The Kier molecular flexibility index (Phi) is 6.08. The van der Waals surface area contributed by atoms with Crippen molar-refractivity contribution in [2.75, 3.05) is 12.3 Å². The fourth-order valence-electron chi connectivity index (χ4n) is 1.58. The molecule has 0 aliphatic carbocycles. The second-order valence-corrected chi connectivity index (χ2v) is 5.67. The fourth-order valence-corrected chi connectivity index (χ4v) is 2.10. The van der Waals surface area contributed by atoms with E-state index in [0.717, 1.165) is 12.2 Å². The Morgan fingerprint density at radius 3 is 2.72 bits per heavy atom. The zero-order chi connectivity index (χ0) is 13.6. The molecule has 0 saturated carbocycles. The van der Waals surface area contributed by atoms with Gasteiger partial charge >= 0.3 is 5.51 Å². The van der Waals surface area contributed by atoms with Crippen LogP contribution < -0.4 is 5.32 Å². The smallest absolute Gasteiger partial charge is 0.349 e. The zero-order valence-corrected chi connectivity index (χ0v) is 11.4. The van der Waals surface area contributed by atoms with Gasteiger partial charge in [0.15, 0.2) is 0 Å². The van der Waals surface area contributed by atoms with E-state index in [0.29, 0.717) is 19.0 Å². The number of hydrogen-bond donors (Lipinski definition) is 1. The summed E-state index contributed by atoms with van der Waals surface area (Å²) in [5, 5.41) is 3.28. The van der Waals surface area contributed by atoms with Crippen molar-refractivity contribution in [3.8, 4) is 0 Å². The van der Waals surface area contributed by atoms with Gasteiger partial charge in [0.25, 0.3) is 0 Å². The molecule has 1 heterocycles. The highest BCUT2D eigenvalue weighted by Gasteiger charge is 2.27. The molecule has 6 heteroatoms. The molecule has 1 aromatic heterocycles. The van der Waals surface area contributed by atoms with Crippen LogP contribution in [0.3, 0.4) is 0 Å². The van der Waals surface area contributed by atoms with Crippen molar-refractivity contribution in [1.82, 2.24) is 9.88 Å². The molecule has 0 spiro atoms. The van der Waals surface area contributed by atoms with Crippen molar-refractivity contribution in [1.29, 1.82) is 0 Å². The molecule has 0 aliphatic heterocycles. The van der Waals surface area contributed by atoms with Gasteiger partial charge in [-0.3, -0.25) is 0 Å². The van der Waals surface area contributed by atoms with Crippen LogP contribution in [0, 0.1) is 5.92 Å². The van der Waals surface area contributed by atoms with E-state index in [9.17, 15) is 13.2 Å². The van der Waals surface area contributed by atoms with Crippen molar-refractivity contribution in [3.05, 3.63) is 24.0 Å². The highest BCUT2D eigenvalue weighted by atomic mass is 32.2. The summed E-state index contributed by atoms with van der Waals surface area (Å²) in [5.74, 6) is 0.615. The number of hydrogen-bond acceptors (Lipinski definition) is 2. The summed E-state index contributed by atoms with van der Waals surface area (Å²) < 4.78 is 37.9. The lowest BCUT2D eigenvalue weighted by Gasteiger charge is -2.12. The van der Waals surface area contributed by atoms with Gasteiger partial charge in [0.2, 0.25) is 0 Å². The molecule has 0 amide bonds. The molecule has 0 unspecified atom stereocenters. The van der Waals surface area contributed by atoms with Crippen LogP contribution in [0.4, 0.5) is 13.2 Å². The monoisotopic (exact) mass is 280 g/mol. The fraction of sp³-hybridized carbons (Fsp3) is 0.667. The first kappa shape index (κ1) is 15.4. The van der Waals surface area contributed by atoms with Gasteiger partial charge in [-0.25, -0.2) is 0 Å². The summed E-state index contributed by atoms with van der Waals surface area (Å²) in [6, 6.07) is 3.80. The summed E-state index contributed by atoms with van der Waals surface area (Å²) in [7, 11) is 0. The minimum atomic E-state index is -4.14. The van der Waals surface area contributed by atoms with Crippen LogP contribution in [0.25, 0.3) is 0 Å². The Balaban J connectivity index is 2.35. The molecule has 0 aliphatic rings. The van der Waals surface area contributed by atoms with Crippen LogP contribution in [-0.2, 0) is 13.1 Å². The number of rotatable bonds is 7. The van der Waals surface area contributed by atoms with E-state index < -0.39 is 5.51 Å². The van der Waals surface area contributed by atoms with Crippen molar-refractivity contribution >= 4 is 11.8 Å². The molecule has 0 saturated heterocycles. The van der Waals surface area contributed by atoms with Crippen LogP contribution >= 0.6 is 11.8 Å². The molecule has 0 bridgehead atoms. The van der Waals surface area contributed by atoms with Gasteiger partial charge in [0.05, 0.1) is 0 Å². The predicted molar refractivity (Wildman–Crippen MR) is 69.5 cm³/mol. The lowest BCUT2D eigenvalue weighted by molar-refractivity contribution is -0.0328. The maximum atomic E-state index is 12.0. The maximum absolute atomic E-state index is 12.0. The number of halogens is 3. The molecule has 0 atom stereocenters. The number of thioether (sulfide) groups is 1. The van der Waals surface area contributed by atoms with E-state index in [1.807, 2.05) is 22.9 Å². The summed E-state index contributed by atoms with van der Waals surface area (Å²) in [4.78, 5) is 0. The third-order valence-electron chi connectivity index (χ3n) is 2.38. The molecule has 0 aromatic carbocycles. The van der Waals surface area contributed by atoms with E-state index >= 15 is 0 Å². The van der Waals surface area contributed by atoms with E-state index in [2.05, 4.69) is 19.2 Å². The van der Waals surface area contributed by atoms with E-state index in [-0.39, 0.29) is 17.5 Å². The summed E-state index contributed by atoms with van der Waals surface area (Å²) in [5.41, 5.74) is -3.11. The lowest BCUT2D eigenvalue weighted by Crippen LogP contribution is -2.21. The second kappa shape index (κ2) is 7.09. The summed E-state index contributed by atoms with van der Waals surface area (Å²) >= 11 is 0.0280. The van der Waals surface area contributed by atoms with Crippen LogP contribution in [-0.4, -0.2) is 22.4 Å². The van der Waals surface area contributed by atoms with E-state index in [1.54, 1.807) is 0 Å². The van der Waals surface area contributed by atoms with Crippen molar-refractivity contribution < 1.29 is 13.2 Å². The maximum Gasteiger partial charge on any atom is 0.441 e. The zero-order valence-electron chi connectivity index (χ0n) is 10.6. The van der Waals surface area contributed by atoms with Crippen molar-refractivity contribution in [3.63, 3.8) is 0 Å². The Morgan fingerprint density at radius 1 is 1.39 bits per heavy atom. The van der Waals surface area contributed by atoms with Crippen LogP contribution in [0.1, 0.15) is 19.5 Å². The molecule has 1 aromatic rings. The van der Waals surface area contributed by atoms with Crippen LogP contribution in [0.2, 0.25) is 0 Å². The van der Waals surface area contributed by atoms with Gasteiger partial charge < -0.3 is 9.88 Å². The number of nitrogens with zero attached hydrogens (tertiary/aromatic N) is 1. The quantitative estimate of drug-likeness (QED) is 0.823. The molecule has 1 N–H and O–H groups in total. The van der Waals surface area contributed by atoms with Gasteiger partial charge in [-0.2, -0.15) is 13.2 Å². The molecule has 2 nitrogen and oxygen atoms in total. The highest BCUT2D eigenvalue weighted by Crippen LogP contribution is 2.30. The predicted octanol–water partition coefficient (Wildman–Crippen LogP) is 3.49. The van der Waals surface area contributed by atoms with Crippen molar-refractivity contribution in [2.24, 2.45) is 5.92 Å². The van der Waals surface area contributed by atoms with Gasteiger partial charge in [0, 0.05) is 30.7 Å². The number of aryl methyl sites for hydroxylation is 1. The highest BCUT2D eigenvalue weighted by molar-refractivity contribution is 8.00. The number of nitrogens with one attached hydrogen (secondary N) is 1. The number of alkyl halides is 3. The van der Waals surface area contributed by atoms with Gasteiger partial charge in [-0.05, 0) is 36.4 Å². The Morgan fingerprint density at radius 2 is 2.11 bits per heavy atom. The molecule has 104 valence electrons.